The number of hydrogen-bond acceptors (Lipinski definition) is 6. The van der Waals surface area contributed by atoms with E-state index in [1.165, 1.54) is 56.8 Å². The lowest BCUT2D eigenvalue weighted by molar-refractivity contribution is -0.137. The van der Waals surface area contributed by atoms with Crippen LogP contribution < -0.4 is 25.0 Å². The molecule has 0 aliphatic heterocycles. The number of methoxy groups -OCH3 is 2. The van der Waals surface area contributed by atoms with Crippen LogP contribution in [0.4, 0.5) is 35.2 Å². The largest absolute Gasteiger partial charge is 0.493 e. The Labute approximate surface area is 221 Å². The first-order valence-electron chi connectivity index (χ1n) is 11.5. The quantitative estimate of drug-likeness (QED) is 0.316. The van der Waals surface area contributed by atoms with Gasteiger partial charge in [-0.15, -0.1) is 0 Å². The molecule has 0 saturated carbocycles. The fraction of sp³-hybridized carbons (Fsp3) is 0.185. The zero-order chi connectivity index (χ0) is 28.3. The molecule has 0 unspecified atom stereocenters. The predicted octanol–water partition coefficient (Wildman–Crippen LogP) is 5.89. The topological polar surface area (TPSA) is 106 Å². The number of anilines is 3. The second kappa shape index (κ2) is 10.9. The van der Waals surface area contributed by atoms with Gasteiger partial charge in [0.15, 0.2) is 11.5 Å². The highest BCUT2D eigenvalue weighted by atomic mass is 19.4. The molecule has 0 spiro atoms. The third-order valence-corrected chi connectivity index (χ3v) is 5.93. The van der Waals surface area contributed by atoms with E-state index >= 15 is 0 Å². The molecule has 39 heavy (non-hydrogen) atoms. The average Bonchev–Trinajstić information content (AvgIpc) is 2.92. The van der Waals surface area contributed by atoms with Crippen LogP contribution in [0.25, 0.3) is 10.9 Å². The number of hydrogen-bond donors (Lipinski definition) is 2. The SMILES string of the molecule is COc1cc2ncnc(N(C)C(=O)Nc3cc(C(=O)Nc4cccc(C(F)(F)F)c4)ccc3C)c2cc1OC. The van der Waals surface area contributed by atoms with E-state index in [-0.39, 0.29) is 11.3 Å². The summed E-state index contributed by atoms with van der Waals surface area (Å²) in [6.07, 6.45) is -3.22. The Hall–Kier alpha value is -4.87. The molecule has 202 valence electrons. The van der Waals surface area contributed by atoms with Crippen LogP contribution >= 0.6 is 0 Å². The number of carbonyl (C=O) groups is 2. The summed E-state index contributed by atoms with van der Waals surface area (Å²) in [6.45, 7) is 1.74. The van der Waals surface area contributed by atoms with Gasteiger partial charge in [-0.3, -0.25) is 9.69 Å². The number of amides is 3. The molecule has 1 aromatic heterocycles. The van der Waals surface area contributed by atoms with Crippen molar-refractivity contribution >= 4 is 40.0 Å². The van der Waals surface area contributed by atoms with Crippen LogP contribution in [0.1, 0.15) is 21.5 Å². The van der Waals surface area contributed by atoms with Crippen molar-refractivity contribution in [2.75, 3.05) is 36.8 Å². The molecule has 1 heterocycles. The molecule has 0 aliphatic carbocycles. The zero-order valence-electron chi connectivity index (χ0n) is 21.4. The molecule has 4 aromatic rings. The highest BCUT2D eigenvalue weighted by Crippen LogP contribution is 2.35. The van der Waals surface area contributed by atoms with Crippen LogP contribution in [-0.2, 0) is 6.18 Å². The maximum atomic E-state index is 13.2. The number of aromatic nitrogens is 2. The second-order valence-corrected chi connectivity index (χ2v) is 8.47. The van der Waals surface area contributed by atoms with Crippen molar-refractivity contribution in [1.82, 2.24) is 9.97 Å². The van der Waals surface area contributed by atoms with Crippen molar-refractivity contribution in [3.63, 3.8) is 0 Å². The van der Waals surface area contributed by atoms with Crippen LogP contribution in [0.3, 0.4) is 0 Å². The molecule has 0 atom stereocenters. The number of ether oxygens (including phenoxy) is 2. The molecular weight excluding hydrogens is 515 g/mol. The minimum atomic E-state index is -4.54. The molecule has 0 aliphatic rings. The first-order chi connectivity index (χ1) is 18.5. The summed E-state index contributed by atoms with van der Waals surface area (Å²) in [7, 11) is 4.51. The fourth-order valence-electron chi connectivity index (χ4n) is 3.81. The maximum Gasteiger partial charge on any atom is 0.416 e. The molecule has 0 radical (unpaired) electrons. The highest BCUT2D eigenvalue weighted by molar-refractivity contribution is 6.08. The molecular formula is C27H24F3N5O4. The smallest absolute Gasteiger partial charge is 0.416 e. The molecule has 12 heteroatoms. The second-order valence-electron chi connectivity index (χ2n) is 8.47. The zero-order valence-corrected chi connectivity index (χ0v) is 21.4. The first-order valence-corrected chi connectivity index (χ1v) is 11.5. The number of nitrogens with one attached hydrogen (secondary N) is 2. The van der Waals surface area contributed by atoms with E-state index in [2.05, 4.69) is 20.6 Å². The highest BCUT2D eigenvalue weighted by Gasteiger charge is 2.30. The van der Waals surface area contributed by atoms with E-state index in [1.54, 1.807) is 25.1 Å². The number of benzene rings is 3. The monoisotopic (exact) mass is 539 g/mol. The molecule has 3 aromatic carbocycles. The summed E-state index contributed by atoms with van der Waals surface area (Å²) in [5.74, 6) is 0.568. The van der Waals surface area contributed by atoms with Gasteiger partial charge in [0.2, 0.25) is 0 Å². The Kier molecular flexibility index (Phi) is 7.56. The number of halogens is 3. The molecule has 3 amide bonds. The Balaban J connectivity index is 1.56. The van der Waals surface area contributed by atoms with Crippen LogP contribution in [-0.4, -0.2) is 43.2 Å². The van der Waals surface area contributed by atoms with Crippen LogP contribution in [0.5, 0.6) is 11.5 Å². The Morgan fingerprint density at radius 2 is 1.64 bits per heavy atom. The van der Waals surface area contributed by atoms with E-state index in [0.717, 1.165) is 12.1 Å². The molecule has 0 fully saturated rings. The van der Waals surface area contributed by atoms with Crippen molar-refractivity contribution in [3.8, 4) is 11.5 Å². The van der Waals surface area contributed by atoms with Gasteiger partial charge in [-0.25, -0.2) is 14.8 Å². The number of nitrogens with zero attached hydrogens (tertiary/aromatic N) is 3. The lowest BCUT2D eigenvalue weighted by Gasteiger charge is -2.20. The lowest BCUT2D eigenvalue weighted by Crippen LogP contribution is -2.32. The summed E-state index contributed by atoms with van der Waals surface area (Å²) >= 11 is 0. The van der Waals surface area contributed by atoms with Gasteiger partial charge in [-0.1, -0.05) is 12.1 Å². The Bertz CT molecular complexity index is 1560. The van der Waals surface area contributed by atoms with Gasteiger partial charge in [0.05, 0.1) is 25.3 Å². The van der Waals surface area contributed by atoms with E-state index in [9.17, 15) is 22.8 Å². The number of urea groups is 1. The van der Waals surface area contributed by atoms with Gasteiger partial charge in [-0.2, -0.15) is 13.2 Å². The Morgan fingerprint density at radius 3 is 2.33 bits per heavy atom. The number of rotatable bonds is 6. The van der Waals surface area contributed by atoms with Crippen molar-refractivity contribution in [2.24, 2.45) is 0 Å². The van der Waals surface area contributed by atoms with Gasteiger partial charge in [0.25, 0.3) is 5.91 Å². The van der Waals surface area contributed by atoms with Crippen molar-refractivity contribution < 1.29 is 32.2 Å². The van der Waals surface area contributed by atoms with Gasteiger partial charge in [0, 0.05) is 35.4 Å². The summed E-state index contributed by atoms with van der Waals surface area (Å²) in [5, 5.41) is 5.75. The minimum Gasteiger partial charge on any atom is -0.493 e. The van der Waals surface area contributed by atoms with Gasteiger partial charge in [-0.05, 0) is 48.9 Å². The molecule has 0 saturated heterocycles. The predicted molar refractivity (Wildman–Crippen MR) is 141 cm³/mol. The summed E-state index contributed by atoms with van der Waals surface area (Å²) in [6, 6.07) is 11.7. The number of carbonyl (C=O) groups excluding carboxylic acids is 2. The van der Waals surface area contributed by atoms with Crippen LogP contribution in [0.15, 0.2) is 60.9 Å². The van der Waals surface area contributed by atoms with E-state index < -0.39 is 23.7 Å². The first kappa shape index (κ1) is 27.2. The fourth-order valence-corrected chi connectivity index (χ4v) is 3.81. The number of alkyl halides is 3. The number of aryl methyl sites for hydroxylation is 1. The molecule has 0 bridgehead atoms. The summed E-state index contributed by atoms with van der Waals surface area (Å²) in [5.41, 5.74) is 0.770. The van der Waals surface area contributed by atoms with Gasteiger partial charge in [0.1, 0.15) is 12.1 Å². The van der Waals surface area contributed by atoms with Crippen LogP contribution in [0, 0.1) is 6.92 Å². The molecule has 2 N–H and O–H groups in total. The van der Waals surface area contributed by atoms with Crippen LogP contribution in [0.2, 0.25) is 0 Å². The summed E-state index contributed by atoms with van der Waals surface area (Å²) < 4.78 is 49.7. The average molecular weight is 540 g/mol. The van der Waals surface area contributed by atoms with E-state index in [1.807, 2.05) is 0 Å². The van der Waals surface area contributed by atoms with Crippen molar-refractivity contribution in [1.29, 1.82) is 0 Å². The van der Waals surface area contributed by atoms with Gasteiger partial charge >= 0.3 is 12.2 Å². The van der Waals surface area contributed by atoms with Crippen molar-refractivity contribution in [2.45, 2.75) is 13.1 Å². The molecule has 9 nitrogen and oxygen atoms in total. The number of fused-ring (bicyclic) bond motifs is 1. The maximum absolute atomic E-state index is 13.2. The minimum absolute atomic E-state index is 0.0107. The lowest BCUT2D eigenvalue weighted by atomic mass is 10.1. The van der Waals surface area contributed by atoms with E-state index in [4.69, 9.17) is 9.47 Å². The summed E-state index contributed by atoms with van der Waals surface area (Å²) in [4.78, 5) is 35.7. The third kappa shape index (κ3) is 5.84. The normalized spacial score (nSPS) is 11.2. The van der Waals surface area contributed by atoms with Crippen molar-refractivity contribution in [3.05, 3.63) is 77.6 Å². The third-order valence-electron chi connectivity index (χ3n) is 5.93. The van der Waals surface area contributed by atoms with Gasteiger partial charge < -0.3 is 20.1 Å². The molecule has 4 rings (SSSR count). The Morgan fingerprint density at radius 1 is 0.923 bits per heavy atom. The van der Waals surface area contributed by atoms with E-state index in [0.29, 0.717) is 39.5 Å². The standard InChI is InChI=1S/C27H24F3N5O4/c1-15-8-9-16(25(36)33-18-7-5-6-17(11-18)27(28,29)30)10-20(15)34-26(37)35(2)24-19-12-22(38-3)23(39-4)13-21(19)31-14-32-24/h5-14H,1-4H3,(H,33,36)(H,34,37).